The second kappa shape index (κ2) is 4.91. The summed E-state index contributed by atoms with van der Waals surface area (Å²) < 4.78 is 26.4. The zero-order valence-electron chi connectivity index (χ0n) is 11.2. The number of carbonyl (C=O) groups is 2. The number of fused-ring (bicyclic) bond motifs is 1. The van der Waals surface area contributed by atoms with E-state index in [-0.39, 0.29) is 16.8 Å². The van der Waals surface area contributed by atoms with Gasteiger partial charge < -0.3 is 4.98 Å². The first-order valence-electron chi connectivity index (χ1n) is 6.12. The maximum absolute atomic E-state index is 12.2. The molecule has 1 aromatic carbocycles. The van der Waals surface area contributed by atoms with Gasteiger partial charge in [0.15, 0.2) is 4.90 Å². The quantitative estimate of drug-likeness (QED) is 0.513. The number of rotatable bonds is 3. The zero-order chi connectivity index (χ0) is 16.8. The van der Waals surface area contributed by atoms with Gasteiger partial charge in [-0.3, -0.25) is 29.4 Å². The number of amides is 2. The van der Waals surface area contributed by atoms with Gasteiger partial charge in [0.1, 0.15) is 0 Å². The summed E-state index contributed by atoms with van der Waals surface area (Å²) in [6.45, 7) is 0. The predicted molar refractivity (Wildman–Crippen MR) is 76.7 cm³/mol. The molecular weight excluding hydrogens is 328 g/mol. The maximum atomic E-state index is 12.2. The molecular formula is C12H8N4O6S. The summed E-state index contributed by atoms with van der Waals surface area (Å²) >= 11 is 0. The van der Waals surface area contributed by atoms with Gasteiger partial charge >= 0.3 is 5.69 Å². The van der Waals surface area contributed by atoms with Crippen LogP contribution in [0.15, 0.2) is 38.9 Å². The highest BCUT2D eigenvalue weighted by molar-refractivity contribution is 7.92. The van der Waals surface area contributed by atoms with Crippen molar-refractivity contribution < 1.29 is 18.0 Å². The Hall–Kier alpha value is -3.21. The van der Waals surface area contributed by atoms with E-state index in [1.165, 1.54) is 18.2 Å². The van der Waals surface area contributed by atoms with Crippen LogP contribution in [0.2, 0.25) is 0 Å². The highest BCUT2D eigenvalue weighted by atomic mass is 32.2. The number of hydrogen-bond acceptors (Lipinski definition) is 6. The van der Waals surface area contributed by atoms with Gasteiger partial charge in [-0.15, -0.1) is 0 Å². The topological polar surface area (TPSA) is 158 Å². The summed E-state index contributed by atoms with van der Waals surface area (Å²) in [6, 6.07) is 3.73. The van der Waals surface area contributed by atoms with Crippen molar-refractivity contribution >= 4 is 27.5 Å². The smallest absolute Gasteiger partial charge is 0.313 e. The molecule has 11 heteroatoms. The van der Waals surface area contributed by atoms with E-state index in [4.69, 9.17) is 0 Å². The van der Waals surface area contributed by atoms with Crippen molar-refractivity contribution in [2.75, 3.05) is 4.72 Å². The van der Waals surface area contributed by atoms with Gasteiger partial charge in [-0.1, -0.05) is 0 Å². The average Bonchev–Trinajstić information content (AvgIpc) is 2.72. The number of benzene rings is 1. The molecule has 0 spiro atoms. The van der Waals surface area contributed by atoms with Crippen LogP contribution in [0.3, 0.4) is 0 Å². The lowest BCUT2D eigenvalue weighted by Crippen LogP contribution is -2.29. The maximum Gasteiger partial charge on any atom is 0.325 e. The fraction of sp³-hybridized carbons (Fsp3) is 0. The van der Waals surface area contributed by atoms with Gasteiger partial charge in [-0.25, -0.2) is 13.2 Å². The third kappa shape index (κ3) is 2.53. The van der Waals surface area contributed by atoms with Crippen molar-refractivity contribution in [3.63, 3.8) is 0 Å². The summed E-state index contributed by atoms with van der Waals surface area (Å²) in [5, 5.41) is 2.07. The summed E-state index contributed by atoms with van der Waals surface area (Å²) in [5.74, 6) is -1.22. The number of imide groups is 1. The number of anilines is 1. The Morgan fingerprint density at radius 3 is 2.35 bits per heavy atom. The van der Waals surface area contributed by atoms with E-state index < -0.39 is 38.0 Å². The van der Waals surface area contributed by atoms with E-state index in [2.05, 4.69) is 10.0 Å². The molecule has 0 unspecified atom stereocenters. The lowest BCUT2D eigenvalue weighted by Gasteiger charge is -2.07. The molecule has 0 radical (unpaired) electrons. The fourth-order valence-electron chi connectivity index (χ4n) is 2.04. The van der Waals surface area contributed by atoms with Crippen LogP contribution < -0.4 is 21.3 Å². The number of hydrogen-bond donors (Lipinski definition) is 4. The molecule has 0 saturated carbocycles. The number of nitrogens with one attached hydrogen (secondary N) is 4. The second-order valence-electron chi connectivity index (χ2n) is 4.59. The lowest BCUT2D eigenvalue weighted by molar-refractivity contribution is 0.0879. The summed E-state index contributed by atoms with van der Waals surface area (Å²) in [4.78, 5) is 48.6. The minimum atomic E-state index is -4.29. The molecule has 10 nitrogen and oxygen atoms in total. The number of carbonyl (C=O) groups excluding carboxylic acids is 2. The van der Waals surface area contributed by atoms with E-state index in [0.717, 1.165) is 6.20 Å². The van der Waals surface area contributed by atoms with E-state index in [0.29, 0.717) is 0 Å². The largest absolute Gasteiger partial charge is 0.325 e. The van der Waals surface area contributed by atoms with Crippen LogP contribution in [0.5, 0.6) is 0 Å². The van der Waals surface area contributed by atoms with Crippen LogP contribution in [0.1, 0.15) is 20.7 Å². The molecule has 1 aromatic heterocycles. The SMILES string of the molecule is O=C1NC(=O)c2cc(NS(=O)(=O)c3c[nH]c(=O)[nH]c3=O)ccc21. The van der Waals surface area contributed by atoms with Crippen molar-refractivity contribution in [3.05, 3.63) is 56.4 Å². The van der Waals surface area contributed by atoms with Crippen molar-refractivity contribution in [2.24, 2.45) is 0 Å². The Bertz CT molecular complexity index is 1070. The number of H-pyrrole nitrogens is 2. The van der Waals surface area contributed by atoms with E-state index in [9.17, 15) is 27.6 Å². The Kier molecular flexibility index (Phi) is 3.14. The van der Waals surface area contributed by atoms with Gasteiger partial charge in [-0.05, 0) is 18.2 Å². The van der Waals surface area contributed by atoms with Crippen LogP contribution in [-0.2, 0) is 10.0 Å². The molecule has 1 aliphatic rings. The van der Waals surface area contributed by atoms with E-state index >= 15 is 0 Å². The van der Waals surface area contributed by atoms with Gasteiger partial charge in [0.2, 0.25) is 0 Å². The lowest BCUT2D eigenvalue weighted by atomic mass is 10.1. The zero-order valence-corrected chi connectivity index (χ0v) is 12.0. The highest BCUT2D eigenvalue weighted by Crippen LogP contribution is 2.21. The van der Waals surface area contributed by atoms with E-state index in [1.807, 2.05) is 4.98 Å². The monoisotopic (exact) mass is 336 g/mol. The third-order valence-corrected chi connectivity index (χ3v) is 4.45. The number of aromatic amines is 2. The summed E-state index contributed by atoms with van der Waals surface area (Å²) in [6.07, 6.45) is 0.757. The molecule has 118 valence electrons. The Morgan fingerprint density at radius 1 is 0.957 bits per heavy atom. The van der Waals surface area contributed by atoms with Gasteiger partial charge in [0.05, 0.1) is 11.1 Å². The highest BCUT2D eigenvalue weighted by Gasteiger charge is 2.27. The minimum absolute atomic E-state index is 0.0146. The van der Waals surface area contributed by atoms with Crippen molar-refractivity contribution in [2.45, 2.75) is 4.90 Å². The number of sulfonamides is 1. The molecule has 3 rings (SSSR count). The van der Waals surface area contributed by atoms with Crippen molar-refractivity contribution in [3.8, 4) is 0 Å². The molecule has 0 aliphatic carbocycles. The molecule has 1 aliphatic heterocycles. The molecule has 2 amide bonds. The normalized spacial score (nSPS) is 13.6. The van der Waals surface area contributed by atoms with Crippen LogP contribution >= 0.6 is 0 Å². The Morgan fingerprint density at radius 2 is 1.65 bits per heavy atom. The second-order valence-corrected chi connectivity index (χ2v) is 6.24. The first kappa shape index (κ1) is 14.7. The van der Waals surface area contributed by atoms with Crippen LogP contribution in [0.4, 0.5) is 5.69 Å². The van der Waals surface area contributed by atoms with Gasteiger partial charge in [-0.2, -0.15) is 0 Å². The molecule has 0 fully saturated rings. The molecule has 0 atom stereocenters. The van der Waals surface area contributed by atoms with Crippen LogP contribution in [-0.4, -0.2) is 30.2 Å². The van der Waals surface area contributed by atoms with Gasteiger partial charge in [0.25, 0.3) is 27.4 Å². The number of aromatic nitrogens is 2. The third-order valence-electron chi connectivity index (χ3n) is 3.06. The first-order chi connectivity index (χ1) is 10.8. The molecule has 2 aromatic rings. The molecule has 4 N–H and O–H groups in total. The van der Waals surface area contributed by atoms with Crippen molar-refractivity contribution in [1.29, 1.82) is 0 Å². The molecule has 0 bridgehead atoms. The fourth-order valence-corrected chi connectivity index (χ4v) is 3.09. The molecule has 23 heavy (non-hydrogen) atoms. The molecule has 0 saturated heterocycles. The van der Waals surface area contributed by atoms with Crippen LogP contribution in [0.25, 0.3) is 0 Å². The summed E-state index contributed by atoms with van der Waals surface area (Å²) in [7, 11) is -4.29. The van der Waals surface area contributed by atoms with Crippen molar-refractivity contribution in [1.82, 2.24) is 15.3 Å². The average molecular weight is 336 g/mol. The Labute approximate surface area is 127 Å². The molecule has 2 heterocycles. The van der Waals surface area contributed by atoms with Crippen LogP contribution in [0, 0.1) is 0 Å². The van der Waals surface area contributed by atoms with E-state index in [1.54, 1.807) is 4.98 Å². The standard InChI is InChI=1S/C12H8N4O6S/c17-9-6-2-1-5(3-7(6)10(18)14-9)16-23(21,22)8-4-13-12(20)15-11(8)19/h1-4,16H,(H,14,17,18)(H2,13,15,19,20). The Balaban J connectivity index is 2.00. The van der Waals surface area contributed by atoms with Gasteiger partial charge in [0, 0.05) is 11.9 Å². The first-order valence-corrected chi connectivity index (χ1v) is 7.61. The summed E-state index contributed by atoms with van der Waals surface area (Å²) in [5.41, 5.74) is -1.80. The minimum Gasteiger partial charge on any atom is -0.313 e. The predicted octanol–water partition coefficient (Wildman–Crippen LogP) is -1.25.